The van der Waals surface area contributed by atoms with Gasteiger partial charge in [0.15, 0.2) is 5.13 Å². The third kappa shape index (κ3) is 4.80. The normalized spacial score (nSPS) is 11.9. The second-order valence-corrected chi connectivity index (χ2v) is 8.76. The number of hydrogen-bond acceptors (Lipinski definition) is 5. The number of benzene rings is 3. The zero-order chi connectivity index (χ0) is 22.8. The summed E-state index contributed by atoms with van der Waals surface area (Å²) in [5.74, 6) is 0.444. The summed E-state index contributed by atoms with van der Waals surface area (Å²) >= 11 is 13.6. The van der Waals surface area contributed by atoms with Crippen molar-refractivity contribution in [2.75, 3.05) is 5.32 Å². The van der Waals surface area contributed by atoms with E-state index >= 15 is 0 Å². The van der Waals surface area contributed by atoms with E-state index in [9.17, 15) is 9.18 Å². The number of carbonyl (C=O) groups is 1. The van der Waals surface area contributed by atoms with Crippen LogP contribution < -0.4 is 14.8 Å². The Balaban J connectivity index is 1.54. The highest BCUT2D eigenvalue weighted by Gasteiger charge is 2.20. The molecule has 1 atom stereocenters. The van der Waals surface area contributed by atoms with E-state index in [1.165, 1.54) is 23.5 Å². The Hall–Kier alpha value is -2.87. The Kier molecular flexibility index (Phi) is 6.50. The smallest absolute Gasteiger partial charge is 0.418 e. The summed E-state index contributed by atoms with van der Waals surface area (Å²) in [5.41, 5.74) is 1.89. The monoisotopic (exact) mass is 490 g/mol. The third-order valence-electron chi connectivity index (χ3n) is 4.64. The number of nitrogens with one attached hydrogen (secondary N) is 1. The number of nitrogens with zero attached hydrogens (tertiary/aromatic N) is 1. The topological polar surface area (TPSA) is 60.5 Å². The molecule has 0 aliphatic carbocycles. The van der Waals surface area contributed by atoms with Gasteiger partial charge in [-0.05, 0) is 55.8 Å². The van der Waals surface area contributed by atoms with Crippen LogP contribution in [0.4, 0.5) is 14.3 Å². The molecule has 1 heterocycles. The van der Waals surface area contributed by atoms with E-state index in [-0.39, 0.29) is 5.02 Å². The number of para-hydroxylation sites is 1. The highest BCUT2D eigenvalue weighted by Crippen LogP contribution is 2.38. The highest BCUT2D eigenvalue weighted by atomic mass is 35.5. The molecule has 0 saturated heterocycles. The van der Waals surface area contributed by atoms with Crippen LogP contribution in [-0.4, -0.2) is 11.1 Å². The molecule has 0 saturated carbocycles. The number of fused-ring (bicyclic) bond motifs is 1. The zero-order valence-corrected chi connectivity index (χ0v) is 19.3. The summed E-state index contributed by atoms with van der Waals surface area (Å²) in [6.45, 7) is 3.61. The minimum absolute atomic E-state index is 0.0649. The highest BCUT2D eigenvalue weighted by molar-refractivity contribution is 7.22. The molecular formula is C23H17Cl2FN2O3S. The molecule has 3 aromatic carbocycles. The van der Waals surface area contributed by atoms with E-state index in [0.717, 1.165) is 10.3 Å². The zero-order valence-electron chi connectivity index (χ0n) is 17.0. The van der Waals surface area contributed by atoms with Gasteiger partial charge in [0, 0.05) is 10.6 Å². The summed E-state index contributed by atoms with van der Waals surface area (Å²) in [6.07, 6.45) is -1.22. The molecule has 32 heavy (non-hydrogen) atoms. The molecule has 0 spiro atoms. The lowest BCUT2D eigenvalue weighted by molar-refractivity contribution is 0.215. The Bertz CT molecular complexity index is 1300. The third-order valence-corrected chi connectivity index (χ3v) is 6.28. The molecule has 1 unspecified atom stereocenters. The molecule has 0 aliphatic heterocycles. The Labute approximate surface area is 197 Å². The van der Waals surface area contributed by atoms with Gasteiger partial charge in [0.05, 0.1) is 15.2 Å². The quantitative estimate of drug-likeness (QED) is 0.290. The predicted molar refractivity (Wildman–Crippen MR) is 126 cm³/mol. The first-order chi connectivity index (χ1) is 15.3. The van der Waals surface area contributed by atoms with Crippen molar-refractivity contribution in [3.63, 3.8) is 0 Å². The van der Waals surface area contributed by atoms with Crippen molar-refractivity contribution in [1.82, 2.24) is 4.98 Å². The number of thiazole rings is 1. The van der Waals surface area contributed by atoms with Crippen molar-refractivity contribution >= 4 is 56.0 Å². The molecular weight excluding hydrogens is 474 g/mol. The number of hydrogen-bond donors (Lipinski definition) is 1. The van der Waals surface area contributed by atoms with Crippen molar-refractivity contribution in [3.05, 3.63) is 81.6 Å². The van der Waals surface area contributed by atoms with E-state index in [1.54, 1.807) is 31.2 Å². The van der Waals surface area contributed by atoms with Crippen LogP contribution in [0.25, 0.3) is 10.2 Å². The van der Waals surface area contributed by atoms with E-state index in [4.69, 9.17) is 32.7 Å². The van der Waals surface area contributed by atoms with Crippen LogP contribution in [0, 0.1) is 12.7 Å². The van der Waals surface area contributed by atoms with Gasteiger partial charge >= 0.3 is 6.09 Å². The van der Waals surface area contributed by atoms with Crippen LogP contribution in [0.15, 0.2) is 54.6 Å². The molecule has 4 aromatic rings. The second kappa shape index (κ2) is 9.32. The molecule has 4 rings (SSSR count). The summed E-state index contributed by atoms with van der Waals surface area (Å²) in [4.78, 5) is 16.6. The molecule has 0 bridgehead atoms. The molecule has 9 heteroatoms. The van der Waals surface area contributed by atoms with Gasteiger partial charge in [-0.15, -0.1) is 0 Å². The van der Waals surface area contributed by atoms with E-state index in [0.29, 0.717) is 32.7 Å². The standard InChI is InChI=1S/C23H17Cl2FN2O3S/c1-12-10-17-19(32-22(27-17)28-23(29)31-14-6-4-3-5-7-14)11-18(12)30-13(2)20-15(24)8-9-16(26)21(20)25/h3-11,13H,1-2H3,(H,27,28,29). The van der Waals surface area contributed by atoms with E-state index in [1.807, 2.05) is 25.1 Å². The van der Waals surface area contributed by atoms with E-state index in [2.05, 4.69) is 10.3 Å². The Morgan fingerprint density at radius 2 is 1.91 bits per heavy atom. The van der Waals surface area contributed by atoms with Crippen molar-refractivity contribution < 1.29 is 18.7 Å². The number of amides is 1. The fourth-order valence-corrected chi connectivity index (χ4v) is 4.65. The van der Waals surface area contributed by atoms with Crippen LogP contribution in [0.5, 0.6) is 11.5 Å². The number of aromatic nitrogens is 1. The second-order valence-electron chi connectivity index (χ2n) is 6.95. The van der Waals surface area contributed by atoms with E-state index < -0.39 is 18.0 Å². The van der Waals surface area contributed by atoms with Crippen molar-refractivity contribution in [1.29, 1.82) is 0 Å². The summed E-state index contributed by atoms with van der Waals surface area (Å²) < 4.78 is 26.0. The summed E-state index contributed by atoms with van der Waals surface area (Å²) in [5, 5.41) is 3.28. The molecule has 5 nitrogen and oxygen atoms in total. The predicted octanol–water partition coefficient (Wildman–Crippen LogP) is 7.80. The first kappa shape index (κ1) is 22.3. The fraction of sp³-hybridized carbons (Fsp3) is 0.130. The van der Waals surface area contributed by atoms with Gasteiger partial charge in [0.1, 0.15) is 23.4 Å². The number of ether oxygens (including phenoxy) is 2. The molecule has 164 valence electrons. The molecule has 0 radical (unpaired) electrons. The average Bonchev–Trinajstić information content (AvgIpc) is 3.12. The van der Waals surface area contributed by atoms with Gasteiger partial charge < -0.3 is 9.47 Å². The lowest BCUT2D eigenvalue weighted by Crippen LogP contribution is -2.16. The van der Waals surface area contributed by atoms with Crippen molar-refractivity contribution in [3.8, 4) is 11.5 Å². The largest absolute Gasteiger partial charge is 0.486 e. The lowest BCUT2D eigenvalue weighted by atomic mass is 10.1. The first-order valence-electron chi connectivity index (χ1n) is 9.57. The first-order valence-corrected chi connectivity index (χ1v) is 11.1. The number of aryl methyl sites for hydroxylation is 1. The number of anilines is 1. The summed E-state index contributed by atoms with van der Waals surface area (Å²) in [7, 11) is 0. The van der Waals surface area contributed by atoms with Gasteiger partial charge in [-0.25, -0.2) is 14.2 Å². The Morgan fingerprint density at radius 3 is 2.66 bits per heavy atom. The lowest BCUT2D eigenvalue weighted by Gasteiger charge is -2.19. The maximum atomic E-state index is 13.9. The van der Waals surface area contributed by atoms with Gasteiger partial charge in [-0.1, -0.05) is 52.7 Å². The molecule has 0 aliphatic rings. The number of carbonyl (C=O) groups excluding carboxylic acids is 1. The van der Waals surface area contributed by atoms with Crippen LogP contribution in [-0.2, 0) is 0 Å². The number of halogens is 3. The SMILES string of the molecule is Cc1cc2nc(NC(=O)Oc3ccccc3)sc2cc1OC(C)c1c(Cl)ccc(F)c1Cl. The van der Waals surface area contributed by atoms with Crippen molar-refractivity contribution in [2.45, 2.75) is 20.0 Å². The molecule has 1 aromatic heterocycles. The van der Waals surface area contributed by atoms with Gasteiger partial charge in [-0.3, -0.25) is 5.32 Å². The van der Waals surface area contributed by atoms with Crippen LogP contribution in [0.1, 0.15) is 24.2 Å². The van der Waals surface area contributed by atoms with Gasteiger partial charge in [0.2, 0.25) is 0 Å². The average molecular weight is 491 g/mol. The van der Waals surface area contributed by atoms with Crippen LogP contribution >= 0.6 is 34.5 Å². The van der Waals surface area contributed by atoms with Crippen LogP contribution in [0.2, 0.25) is 10.0 Å². The molecule has 1 amide bonds. The van der Waals surface area contributed by atoms with Gasteiger partial charge in [0.25, 0.3) is 0 Å². The van der Waals surface area contributed by atoms with Gasteiger partial charge in [-0.2, -0.15) is 0 Å². The number of rotatable bonds is 5. The van der Waals surface area contributed by atoms with Crippen molar-refractivity contribution in [2.24, 2.45) is 0 Å². The maximum Gasteiger partial charge on any atom is 0.418 e. The molecule has 0 fully saturated rings. The molecule has 1 N–H and O–H groups in total. The fourth-order valence-electron chi connectivity index (χ4n) is 3.11. The minimum Gasteiger partial charge on any atom is -0.486 e. The summed E-state index contributed by atoms with van der Waals surface area (Å²) in [6, 6.07) is 15.1. The Morgan fingerprint density at radius 1 is 1.16 bits per heavy atom. The van der Waals surface area contributed by atoms with Crippen LogP contribution in [0.3, 0.4) is 0 Å². The minimum atomic E-state index is -0.632. The maximum absolute atomic E-state index is 13.9.